The fourth-order valence-corrected chi connectivity index (χ4v) is 5.10. The van der Waals surface area contributed by atoms with Gasteiger partial charge in [-0.25, -0.2) is 13.1 Å². The highest BCUT2D eigenvalue weighted by molar-refractivity contribution is 7.99. The van der Waals surface area contributed by atoms with Crippen LogP contribution >= 0.6 is 11.8 Å². The molecule has 0 bridgehead atoms. The molecular weight excluding hydrogens is 292 g/mol. The molecule has 1 atom stereocenters. The molecule has 1 aromatic carbocycles. The lowest BCUT2D eigenvalue weighted by Gasteiger charge is -2.15. The monoisotopic (exact) mass is 312 g/mol. The van der Waals surface area contributed by atoms with E-state index < -0.39 is 10.0 Å². The van der Waals surface area contributed by atoms with Crippen molar-refractivity contribution in [2.75, 3.05) is 23.4 Å². The predicted octanol–water partition coefficient (Wildman–Crippen LogP) is 2.29. The summed E-state index contributed by atoms with van der Waals surface area (Å²) >= 11 is 1.97. The minimum absolute atomic E-state index is 0.138. The number of hydrogen-bond donors (Lipinski definition) is 2. The van der Waals surface area contributed by atoms with Crippen molar-refractivity contribution in [2.45, 2.75) is 30.2 Å². The van der Waals surface area contributed by atoms with Crippen molar-refractivity contribution in [3.05, 3.63) is 24.3 Å². The highest BCUT2D eigenvalue weighted by Crippen LogP contribution is 2.27. The van der Waals surface area contributed by atoms with Gasteiger partial charge in [-0.1, -0.05) is 12.1 Å². The quantitative estimate of drug-likeness (QED) is 0.846. The fourth-order valence-electron chi connectivity index (χ4n) is 2.33. The number of para-hydroxylation sites is 1. The van der Waals surface area contributed by atoms with Crippen molar-refractivity contribution in [3.8, 4) is 0 Å². The highest BCUT2D eigenvalue weighted by atomic mass is 32.2. The molecule has 3 rings (SSSR count). The Morgan fingerprint density at radius 3 is 2.70 bits per heavy atom. The number of thioether (sulfide) groups is 1. The Balaban J connectivity index is 1.73. The minimum Gasteiger partial charge on any atom is -0.384 e. The van der Waals surface area contributed by atoms with E-state index in [1.807, 2.05) is 23.9 Å². The molecule has 110 valence electrons. The number of anilines is 1. The van der Waals surface area contributed by atoms with Crippen molar-refractivity contribution in [1.29, 1.82) is 0 Å². The summed E-state index contributed by atoms with van der Waals surface area (Å²) in [6.45, 7) is 0.850. The van der Waals surface area contributed by atoms with Gasteiger partial charge >= 0.3 is 0 Å². The van der Waals surface area contributed by atoms with Crippen molar-refractivity contribution in [3.63, 3.8) is 0 Å². The summed E-state index contributed by atoms with van der Waals surface area (Å²) in [5, 5.41) is 3.32. The molecule has 20 heavy (non-hydrogen) atoms. The van der Waals surface area contributed by atoms with Crippen LogP contribution < -0.4 is 10.0 Å². The number of hydrogen-bond acceptors (Lipinski definition) is 4. The smallest absolute Gasteiger partial charge is 0.242 e. The Kier molecular flexibility index (Phi) is 4.23. The molecule has 0 radical (unpaired) electrons. The third kappa shape index (κ3) is 3.48. The highest BCUT2D eigenvalue weighted by Gasteiger charge is 2.29. The molecule has 0 amide bonds. The molecule has 1 saturated carbocycles. The molecule has 1 heterocycles. The van der Waals surface area contributed by atoms with Crippen molar-refractivity contribution < 1.29 is 8.42 Å². The third-order valence-corrected chi connectivity index (χ3v) is 6.49. The predicted molar refractivity (Wildman–Crippen MR) is 83.7 cm³/mol. The Morgan fingerprint density at radius 1 is 1.20 bits per heavy atom. The van der Waals surface area contributed by atoms with Gasteiger partial charge in [-0.3, -0.25) is 0 Å². The van der Waals surface area contributed by atoms with E-state index in [-0.39, 0.29) is 6.04 Å². The van der Waals surface area contributed by atoms with Crippen LogP contribution in [0.25, 0.3) is 0 Å². The van der Waals surface area contributed by atoms with E-state index in [0.29, 0.717) is 10.8 Å². The van der Waals surface area contributed by atoms with E-state index in [2.05, 4.69) is 10.0 Å². The van der Waals surface area contributed by atoms with Crippen molar-refractivity contribution in [2.24, 2.45) is 5.92 Å². The second kappa shape index (κ2) is 5.95. The van der Waals surface area contributed by atoms with Crippen LogP contribution in [-0.2, 0) is 10.0 Å². The maximum Gasteiger partial charge on any atom is 0.242 e. The van der Waals surface area contributed by atoms with Crippen LogP contribution in [0, 0.1) is 5.92 Å². The topological polar surface area (TPSA) is 58.2 Å². The maximum absolute atomic E-state index is 12.3. The first-order valence-electron chi connectivity index (χ1n) is 7.08. The van der Waals surface area contributed by atoms with E-state index in [0.717, 1.165) is 25.1 Å². The minimum atomic E-state index is -3.39. The van der Waals surface area contributed by atoms with Gasteiger partial charge in [0.25, 0.3) is 0 Å². The Hall–Kier alpha value is -0.720. The van der Waals surface area contributed by atoms with Gasteiger partial charge in [0.1, 0.15) is 4.90 Å². The van der Waals surface area contributed by atoms with Gasteiger partial charge in [-0.05, 0) is 48.8 Å². The zero-order valence-electron chi connectivity index (χ0n) is 11.3. The summed E-state index contributed by atoms with van der Waals surface area (Å²) in [6, 6.07) is 7.32. The van der Waals surface area contributed by atoms with Crippen LogP contribution in [0.4, 0.5) is 5.69 Å². The number of benzene rings is 1. The average Bonchev–Trinajstić information content (AvgIpc) is 3.07. The number of rotatable bonds is 6. The number of sulfonamides is 1. The largest absolute Gasteiger partial charge is 0.384 e. The summed E-state index contributed by atoms with van der Waals surface area (Å²) in [7, 11) is -3.39. The molecule has 0 aromatic heterocycles. The maximum atomic E-state index is 12.3. The first-order chi connectivity index (χ1) is 9.65. The molecule has 6 heteroatoms. The van der Waals surface area contributed by atoms with E-state index in [9.17, 15) is 8.42 Å². The molecule has 1 aliphatic heterocycles. The number of nitrogens with one attached hydrogen (secondary N) is 2. The van der Waals surface area contributed by atoms with E-state index >= 15 is 0 Å². The van der Waals surface area contributed by atoms with Gasteiger partial charge in [0, 0.05) is 12.6 Å². The lowest BCUT2D eigenvalue weighted by molar-refractivity contribution is 0.581. The zero-order chi connectivity index (χ0) is 14.0. The van der Waals surface area contributed by atoms with Crippen LogP contribution in [0.2, 0.25) is 0 Å². The lowest BCUT2D eigenvalue weighted by atomic mass is 10.1. The van der Waals surface area contributed by atoms with Crippen molar-refractivity contribution in [1.82, 2.24) is 4.72 Å². The van der Waals surface area contributed by atoms with Gasteiger partial charge in [-0.15, -0.1) is 0 Å². The van der Waals surface area contributed by atoms with Gasteiger partial charge in [0.05, 0.1) is 5.69 Å². The SMILES string of the molecule is O=S(=O)(NC1CC1)c1ccccc1NCC1CCSC1. The summed E-state index contributed by atoms with van der Waals surface area (Å²) in [4.78, 5) is 0.373. The molecule has 1 aromatic rings. The Morgan fingerprint density at radius 2 is 2.00 bits per heavy atom. The lowest BCUT2D eigenvalue weighted by Crippen LogP contribution is -2.27. The standard InChI is InChI=1S/C14H20N2O2S2/c17-20(18,16-12-5-6-12)14-4-2-1-3-13(14)15-9-11-7-8-19-10-11/h1-4,11-12,15-16H,5-10H2. The van der Waals surface area contributed by atoms with Crippen LogP contribution in [-0.4, -0.2) is 32.5 Å². The first kappa shape index (κ1) is 14.2. The molecular formula is C14H20N2O2S2. The molecule has 1 aliphatic carbocycles. The van der Waals surface area contributed by atoms with Gasteiger partial charge in [0.2, 0.25) is 10.0 Å². The summed E-state index contributed by atoms with van der Waals surface area (Å²) in [5.41, 5.74) is 0.720. The summed E-state index contributed by atoms with van der Waals surface area (Å²) in [5.74, 6) is 3.03. The first-order valence-corrected chi connectivity index (χ1v) is 9.72. The van der Waals surface area contributed by atoms with Crippen molar-refractivity contribution >= 4 is 27.5 Å². The van der Waals surface area contributed by atoms with Gasteiger partial charge < -0.3 is 5.32 Å². The molecule has 0 spiro atoms. The average molecular weight is 312 g/mol. The summed E-state index contributed by atoms with van der Waals surface area (Å²) < 4.78 is 27.4. The van der Waals surface area contributed by atoms with Crippen LogP contribution in [0.5, 0.6) is 0 Å². The molecule has 2 aliphatic rings. The van der Waals surface area contributed by atoms with Gasteiger partial charge in [0.15, 0.2) is 0 Å². The Labute approximate surface area is 124 Å². The van der Waals surface area contributed by atoms with E-state index in [1.165, 1.54) is 17.9 Å². The van der Waals surface area contributed by atoms with Crippen LogP contribution in [0.15, 0.2) is 29.2 Å². The van der Waals surface area contributed by atoms with E-state index in [1.54, 1.807) is 12.1 Å². The second-order valence-corrected chi connectivity index (χ2v) is 8.33. The molecule has 1 unspecified atom stereocenters. The molecule has 2 fully saturated rings. The third-order valence-electron chi connectivity index (χ3n) is 3.68. The fraction of sp³-hybridized carbons (Fsp3) is 0.571. The second-order valence-electron chi connectivity index (χ2n) is 5.50. The normalized spacial score (nSPS) is 22.9. The zero-order valence-corrected chi connectivity index (χ0v) is 13.0. The van der Waals surface area contributed by atoms with Gasteiger partial charge in [-0.2, -0.15) is 11.8 Å². The van der Waals surface area contributed by atoms with E-state index in [4.69, 9.17) is 0 Å². The molecule has 1 saturated heterocycles. The molecule has 4 nitrogen and oxygen atoms in total. The summed E-state index contributed by atoms with van der Waals surface area (Å²) in [6.07, 6.45) is 3.12. The molecule has 2 N–H and O–H groups in total. The Bertz CT molecular complexity index is 564. The van der Waals surface area contributed by atoms with Crippen LogP contribution in [0.3, 0.4) is 0 Å². The van der Waals surface area contributed by atoms with Crippen LogP contribution in [0.1, 0.15) is 19.3 Å².